The zero-order chi connectivity index (χ0) is 33.5. The second kappa shape index (κ2) is 11.2. The van der Waals surface area contributed by atoms with E-state index in [0.29, 0.717) is 0 Å². The number of aromatic nitrogens is 2. The summed E-state index contributed by atoms with van der Waals surface area (Å²) in [6, 6.07) is 52.1. The van der Waals surface area contributed by atoms with Crippen LogP contribution in [-0.4, -0.2) is 9.13 Å². The third kappa shape index (κ3) is 4.14. The summed E-state index contributed by atoms with van der Waals surface area (Å²) in [6.45, 7) is 6.79. The summed E-state index contributed by atoms with van der Waals surface area (Å²) in [4.78, 5) is 0. The van der Waals surface area contributed by atoms with Gasteiger partial charge in [-0.1, -0.05) is 105 Å². The van der Waals surface area contributed by atoms with Crippen LogP contribution in [0.4, 0.5) is 0 Å². The molecule has 10 rings (SSSR count). The molecule has 0 bridgehead atoms. The molecule has 10 aromatic rings. The van der Waals surface area contributed by atoms with Gasteiger partial charge in [-0.25, -0.2) is 0 Å². The molecule has 0 saturated heterocycles. The lowest BCUT2D eigenvalue weighted by molar-refractivity contribution is 1.08. The maximum absolute atomic E-state index is 2.51. The van der Waals surface area contributed by atoms with E-state index in [9.17, 15) is 0 Å². The van der Waals surface area contributed by atoms with E-state index >= 15 is 0 Å². The molecule has 0 fully saturated rings. The predicted molar refractivity (Wildman–Crippen MR) is 217 cm³/mol. The second-order valence-corrected chi connectivity index (χ2v) is 14.6. The van der Waals surface area contributed by atoms with Gasteiger partial charge in [0.25, 0.3) is 0 Å². The molecule has 0 aliphatic rings. The van der Waals surface area contributed by atoms with E-state index in [4.69, 9.17) is 0 Å². The van der Waals surface area contributed by atoms with E-state index in [1.165, 1.54) is 103 Å². The second-order valence-electron chi connectivity index (χ2n) is 13.5. The van der Waals surface area contributed by atoms with E-state index in [2.05, 4.69) is 169 Å². The van der Waals surface area contributed by atoms with Crippen molar-refractivity contribution < 1.29 is 0 Å². The van der Waals surface area contributed by atoms with E-state index < -0.39 is 0 Å². The Balaban J connectivity index is 1.27. The molecule has 3 heteroatoms. The molecule has 50 heavy (non-hydrogen) atoms. The molecule has 0 aliphatic carbocycles. The topological polar surface area (TPSA) is 9.86 Å². The maximum Gasteiger partial charge on any atom is 0.0555 e. The maximum atomic E-state index is 2.51. The Hall–Kier alpha value is -5.64. The Kier molecular flexibility index (Phi) is 6.56. The summed E-state index contributed by atoms with van der Waals surface area (Å²) < 4.78 is 7.71. The van der Waals surface area contributed by atoms with E-state index in [1.807, 2.05) is 11.3 Å². The van der Waals surface area contributed by atoms with Crippen LogP contribution >= 0.6 is 11.3 Å². The van der Waals surface area contributed by atoms with Crippen molar-refractivity contribution in [1.29, 1.82) is 0 Å². The fraction of sp³-hybridized carbons (Fsp3) is 0.106. The number of rotatable bonds is 5. The fourth-order valence-electron chi connectivity index (χ4n) is 8.54. The first-order valence-corrected chi connectivity index (χ1v) is 18.6. The van der Waals surface area contributed by atoms with Gasteiger partial charge in [-0.15, -0.1) is 11.3 Å². The average molecular weight is 661 g/mol. The lowest BCUT2D eigenvalue weighted by Gasteiger charge is -2.16. The first-order chi connectivity index (χ1) is 24.6. The third-order valence-electron chi connectivity index (χ3n) is 10.8. The SMILES string of the molecule is CCc1cc(-n2c3ccccc3c3c(CC)c(-c4ccccc4C)ccc32)cc(-n2c3ccccc3c3c4sc5ccccc5c4ccc32)c1. The molecule has 0 unspecified atom stereocenters. The van der Waals surface area contributed by atoms with E-state index in [0.717, 1.165) is 12.8 Å². The number of fused-ring (bicyclic) bond motifs is 10. The number of para-hydroxylation sites is 2. The summed E-state index contributed by atoms with van der Waals surface area (Å²) in [5.41, 5.74) is 14.1. The molecular formula is C47H36N2S. The molecule has 0 amide bonds. The largest absolute Gasteiger partial charge is 0.309 e. The van der Waals surface area contributed by atoms with Crippen LogP contribution in [0.5, 0.6) is 0 Å². The molecule has 2 nitrogen and oxygen atoms in total. The van der Waals surface area contributed by atoms with Crippen molar-refractivity contribution in [2.24, 2.45) is 0 Å². The summed E-state index contributed by atoms with van der Waals surface area (Å²) in [5.74, 6) is 0. The monoisotopic (exact) mass is 660 g/mol. The van der Waals surface area contributed by atoms with Gasteiger partial charge in [0.1, 0.15) is 0 Å². The highest BCUT2D eigenvalue weighted by Crippen LogP contribution is 2.44. The quantitative estimate of drug-likeness (QED) is 0.174. The van der Waals surface area contributed by atoms with Gasteiger partial charge < -0.3 is 9.13 Å². The van der Waals surface area contributed by atoms with Crippen LogP contribution in [0, 0.1) is 6.92 Å². The molecule has 240 valence electrons. The molecule has 7 aromatic carbocycles. The van der Waals surface area contributed by atoms with Gasteiger partial charge in [-0.3, -0.25) is 0 Å². The van der Waals surface area contributed by atoms with Gasteiger partial charge >= 0.3 is 0 Å². The zero-order valence-corrected chi connectivity index (χ0v) is 29.3. The molecule has 0 N–H and O–H groups in total. The lowest BCUT2D eigenvalue weighted by atomic mass is 9.91. The van der Waals surface area contributed by atoms with Crippen LogP contribution in [-0.2, 0) is 12.8 Å². The van der Waals surface area contributed by atoms with Crippen LogP contribution in [0.15, 0.2) is 140 Å². The van der Waals surface area contributed by atoms with Gasteiger partial charge in [0.15, 0.2) is 0 Å². The van der Waals surface area contributed by atoms with Crippen molar-refractivity contribution in [3.05, 3.63) is 156 Å². The molecule has 0 saturated carbocycles. The van der Waals surface area contributed by atoms with Crippen molar-refractivity contribution in [2.75, 3.05) is 0 Å². The van der Waals surface area contributed by atoms with E-state index in [1.54, 1.807) is 0 Å². The predicted octanol–water partition coefficient (Wildman–Crippen LogP) is 13.3. The van der Waals surface area contributed by atoms with Crippen LogP contribution in [0.3, 0.4) is 0 Å². The molecule has 0 atom stereocenters. The first kappa shape index (κ1) is 29.3. The van der Waals surface area contributed by atoms with Crippen molar-refractivity contribution in [2.45, 2.75) is 33.6 Å². The zero-order valence-electron chi connectivity index (χ0n) is 28.5. The molecule has 0 aliphatic heterocycles. The number of thiophene rings is 1. The molecule has 3 aromatic heterocycles. The van der Waals surface area contributed by atoms with Crippen LogP contribution < -0.4 is 0 Å². The highest BCUT2D eigenvalue weighted by Gasteiger charge is 2.21. The minimum Gasteiger partial charge on any atom is -0.309 e. The van der Waals surface area contributed by atoms with Gasteiger partial charge in [0.2, 0.25) is 0 Å². The molecule has 0 spiro atoms. The third-order valence-corrected chi connectivity index (χ3v) is 12.0. The number of benzene rings is 7. The smallest absolute Gasteiger partial charge is 0.0555 e. The van der Waals surface area contributed by atoms with Crippen molar-refractivity contribution in [1.82, 2.24) is 9.13 Å². The van der Waals surface area contributed by atoms with Crippen molar-refractivity contribution >= 4 is 75.1 Å². The number of aryl methyl sites for hydroxylation is 3. The van der Waals surface area contributed by atoms with Crippen LogP contribution in [0.25, 0.3) is 86.3 Å². The van der Waals surface area contributed by atoms with Crippen LogP contribution in [0.1, 0.15) is 30.5 Å². The minimum atomic E-state index is 0.952. The van der Waals surface area contributed by atoms with Crippen molar-refractivity contribution in [3.63, 3.8) is 0 Å². The Morgan fingerprint density at radius 1 is 0.480 bits per heavy atom. The van der Waals surface area contributed by atoms with Gasteiger partial charge in [0.05, 0.1) is 22.1 Å². The highest BCUT2D eigenvalue weighted by molar-refractivity contribution is 7.26. The summed E-state index contributed by atoms with van der Waals surface area (Å²) in [6.07, 6.45) is 1.91. The van der Waals surface area contributed by atoms with E-state index in [-0.39, 0.29) is 0 Å². The van der Waals surface area contributed by atoms with Crippen molar-refractivity contribution in [3.8, 4) is 22.5 Å². The summed E-state index contributed by atoms with van der Waals surface area (Å²) in [7, 11) is 0. The molecule has 3 heterocycles. The number of nitrogens with zero attached hydrogens (tertiary/aromatic N) is 2. The summed E-state index contributed by atoms with van der Waals surface area (Å²) in [5, 5.41) is 7.99. The van der Waals surface area contributed by atoms with Gasteiger partial charge in [0, 0.05) is 53.1 Å². The molecular weight excluding hydrogens is 625 g/mol. The first-order valence-electron chi connectivity index (χ1n) is 17.7. The number of hydrogen-bond donors (Lipinski definition) is 0. The Bertz CT molecular complexity index is 2970. The Morgan fingerprint density at radius 3 is 1.78 bits per heavy atom. The van der Waals surface area contributed by atoms with Gasteiger partial charge in [-0.2, -0.15) is 0 Å². The number of hydrogen-bond acceptors (Lipinski definition) is 1. The summed E-state index contributed by atoms with van der Waals surface area (Å²) >= 11 is 1.91. The van der Waals surface area contributed by atoms with Gasteiger partial charge in [-0.05, 0) is 96.1 Å². The highest BCUT2D eigenvalue weighted by atomic mass is 32.1. The Morgan fingerprint density at radius 2 is 1.08 bits per heavy atom. The minimum absolute atomic E-state index is 0.952. The lowest BCUT2D eigenvalue weighted by Crippen LogP contribution is -2.01. The molecule has 0 radical (unpaired) electrons. The average Bonchev–Trinajstić information content (AvgIpc) is 3.82. The Labute approximate surface area is 295 Å². The normalized spacial score (nSPS) is 12.1. The van der Waals surface area contributed by atoms with Crippen LogP contribution in [0.2, 0.25) is 0 Å². The fourth-order valence-corrected chi connectivity index (χ4v) is 9.80. The standard InChI is InChI=1S/C47H36N2S/c1-4-30-26-31(48-40-19-11-8-17-38(40)45-33(5-2)35(22-24-42(45)48)34-15-7-6-14-29(34)3)28-32(27-30)49-41-20-12-9-18-39(41)46-43(49)25-23-37-36-16-10-13-21-44(36)50-47(37)46/h6-28H,4-5H2,1-3H3.